The van der Waals surface area contributed by atoms with Gasteiger partial charge >= 0.3 is 0 Å². The van der Waals surface area contributed by atoms with E-state index in [0.29, 0.717) is 0 Å². The first kappa shape index (κ1) is 91.7. The molecule has 0 aliphatic carbocycles. The van der Waals surface area contributed by atoms with Crippen LogP contribution in [0.2, 0.25) is 30.2 Å². The summed E-state index contributed by atoms with van der Waals surface area (Å²) in [7, 11) is -2.43. The van der Waals surface area contributed by atoms with Crippen LogP contribution in [0.3, 0.4) is 0 Å². The lowest BCUT2D eigenvalue weighted by atomic mass is 9.90. The molecule has 0 unspecified atom stereocenters. The molecule has 134 heavy (non-hydrogen) atoms. The van der Waals surface area contributed by atoms with Crippen molar-refractivity contribution < 1.29 is 13.3 Å². The highest BCUT2D eigenvalue weighted by atomic mass is 28.4. The molecule has 19 aromatic carbocycles. The summed E-state index contributed by atoms with van der Waals surface area (Å²) in [5.41, 5.74) is 13.9. The molecule has 0 aliphatic heterocycles. The topological polar surface area (TPSA) is 40.7 Å². The molecule has 19 rings (SSSR count). The zero-order valence-corrected chi connectivity index (χ0v) is 85.3. The van der Waals surface area contributed by atoms with Crippen LogP contribution in [0.15, 0.2) is 376 Å². The molecular weight excluding hydrogens is 1680 g/mol. The van der Waals surface area contributed by atoms with Gasteiger partial charge in [-0.15, -0.1) is 0 Å². The van der Waals surface area contributed by atoms with Crippen molar-refractivity contribution in [3.63, 3.8) is 0 Å². The summed E-state index contributed by atoms with van der Waals surface area (Å²) in [6.45, 7) is 45.2. The smallest absolute Gasteiger partial charge is 0.234 e. The monoisotopic (exact) mass is 1800 g/mol. The number of aryl methyl sites for hydroxylation is 1. The molecule has 7 nitrogen and oxygen atoms in total. The van der Waals surface area contributed by atoms with E-state index in [9.17, 15) is 0 Å². The minimum absolute atomic E-state index is 0.0694. The van der Waals surface area contributed by atoms with Crippen molar-refractivity contribution >= 4 is 206 Å². The summed E-state index contributed by atoms with van der Waals surface area (Å²) < 4.78 is 21.3. The number of para-hydroxylation sites is 8. The lowest BCUT2D eigenvalue weighted by Gasteiger charge is -2.55. The van der Waals surface area contributed by atoms with E-state index in [-0.39, 0.29) is 30.2 Å². The molecule has 10 heteroatoms. The summed E-state index contributed by atoms with van der Waals surface area (Å²) >= 11 is 0. The van der Waals surface area contributed by atoms with E-state index in [1.54, 1.807) is 0 Å². The van der Waals surface area contributed by atoms with Gasteiger partial charge in [-0.25, -0.2) is 0 Å². The van der Waals surface area contributed by atoms with E-state index in [4.69, 9.17) is 13.3 Å². The summed E-state index contributed by atoms with van der Waals surface area (Å²) in [5.74, 6) is 0. The fourth-order valence-electron chi connectivity index (χ4n) is 24.1. The molecule has 0 N–H and O–H groups in total. The third kappa shape index (κ3) is 16.0. The average Bonchev–Trinajstić information content (AvgIpc) is 0.696. The van der Waals surface area contributed by atoms with Crippen molar-refractivity contribution in [1.82, 2.24) is 0 Å². The summed E-state index contributed by atoms with van der Waals surface area (Å²) in [6.07, 6.45) is 0. The van der Waals surface area contributed by atoms with Gasteiger partial charge in [0, 0.05) is 99.1 Å². The molecular formula is C124H128N4O3Si3. The second-order valence-corrected chi connectivity index (χ2v) is 58.9. The van der Waals surface area contributed by atoms with E-state index in [1.165, 1.54) is 75.0 Å². The molecule has 0 fully saturated rings. The molecule has 0 spiro atoms. The number of fused-ring (bicyclic) bond motifs is 9. The second-order valence-electron chi connectivity index (χ2n) is 42.9. The number of hydrogen-bond acceptors (Lipinski definition) is 7. The number of hydrogen-bond donors (Lipinski definition) is 0. The molecule has 19 aromatic rings. The predicted octanol–water partition coefficient (Wildman–Crippen LogP) is 35.1. The molecule has 0 bridgehead atoms. The fourth-order valence-corrected chi connectivity index (χ4v) is 43.6. The Bertz CT molecular complexity index is 7040. The Balaban J connectivity index is 0.000000294. The maximum Gasteiger partial charge on any atom is 0.234 e. The lowest BCUT2D eigenvalue weighted by molar-refractivity contribution is 0.337. The standard InChI is InChI=1S/C92H92N4O2Si2.C32H36OSi/c1-89(2,3)99(97-13,90(4,5)6)85-61-67-57-65-59-79-80(60-66(65)58-68(67)62-86(85)100(98-14,91(7,8)9)92(10,11)12)88(96(75-51-35-21-36-52-75)76-53-37-22-38-54-76)82-64-78-77(63-81(82)87(79)95(73-47-31-19-32-48-73)74-49-33-20-34-50-74)83(93(69-39-23-15-24-40-69)70-41-25-16-26-42-70)55-56-84(78)94(71-43-27-17-28-44-71)72-45-29-18-30-46-72;1-21-9-10-22-14-25-17-26-15-23-11-12-30(34(33-8,31(2,3)4)32(5,6)7)20-29(23)19-28(26)18-27(25)16-24(22)13-21/h15-64H,1-14H3;9-20H,1-8H3. The highest BCUT2D eigenvalue weighted by Crippen LogP contribution is 2.60. The van der Waals surface area contributed by atoms with Gasteiger partial charge < -0.3 is 32.9 Å². The zero-order chi connectivity index (χ0) is 94.4. The second kappa shape index (κ2) is 35.3. The van der Waals surface area contributed by atoms with Gasteiger partial charge in [0.05, 0.1) is 22.7 Å². The number of nitrogens with zero attached hydrogens (tertiary/aromatic N) is 4. The zero-order valence-electron chi connectivity index (χ0n) is 82.3. The number of anilines is 12. The van der Waals surface area contributed by atoms with E-state index >= 15 is 0 Å². The Morgan fingerprint density at radius 1 is 0.187 bits per heavy atom. The van der Waals surface area contributed by atoms with Gasteiger partial charge in [-0.3, -0.25) is 0 Å². The summed E-state index contributed by atoms with van der Waals surface area (Å²) in [4.78, 5) is 9.90. The van der Waals surface area contributed by atoms with Crippen LogP contribution in [0.1, 0.15) is 130 Å². The molecule has 0 aliphatic rings. The maximum absolute atomic E-state index is 7.39. The Labute approximate surface area is 797 Å². The molecule has 0 heterocycles. The van der Waals surface area contributed by atoms with Crippen molar-refractivity contribution in [1.29, 1.82) is 0 Å². The van der Waals surface area contributed by atoms with Gasteiger partial charge in [-0.2, -0.15) is 0 Å². The van der Waals surface area contributed by atoms with Gasteiger partial charge in [0.15, 0.2) is 0 Å². The Morgan fingerprint density at radius 3 is 0.664 bits per heavy atom. The van der Waals surface area contributed by atoms with Gasteiger partial charge in [0.1, 0.15) is 0 Å². The molecule has 0 aromatic heterocycles. The predicted molar refractivity (Wildman–Crippen MR) is 589 cm³/mol. The van der Waals surface area contributed by atoms with Crippen LogP contribution in [-0.4, -0.2) is 46.3 Å². The molecule has 674 valence electrons. The largest absolute Gasteiger partial charge is 0.414 e. The average molecular weight is 1810 g/mol. The van der Waals surface area contributed by atoms with E-state index < -0.39 is 25.0 Å². The van der Waals surface area contributed by atoms with Crippen molar-refractivity contribution in [2.75, 3.05) is 40.9 Å². The molecule has 0 saturated heterocycles. The molecule has 0 radical (unpaired) electrons. The van der Waals surface area contributed by atoms with Crippen molar-refractivity contribution in [2.45, 2.75) is 162 Å². The highest BCUT2D eigenvalue weighted by molar-refractivity contribution is 7.01. The van der Waals surface area contributed by atoms with E-state index in [1.807, 2.05) is 21.3 Å². The summed E-state index contributed by atoms with van der Waals surface area (Å²) in [6, 6.07) is 140. The normalized spacial score (nSPS) is 12.8. The Hall–Kier alpha value is -12.7. The van der Waals surface area contributed by atoms with Crippen molar-refractivity contribution in [2.24, 2.45) is 0 Å². The molecule has 0 amide bonds. The van der Waals surface area contributed by atoms with Crippen LogP contribution in [-0.2, 0) is 13.3 Å². The fraction of sp³-hybridized carbons (Fsp3) is 0.226. The third-order valence-corrected chi connectivity index (χ3v) is 46.8. The van der Waals surface area contributed by atoms with Gasteiger partial charge in [0.2, 0.25) is 25.0 Å². The third-order valence-electron chi connectivity index (χ3n) is 28.5. The van der Waals surface area contributed by atoms with Crippen LogP contribution in [0.25, 0.3) is 97.0 Å². The van der Waals surface area contributed by atoms with Gasteiger partial charge in [-0.05, 0) is 299 Å². The summed E-state index contributed by atoms with van der Waals surface area (Å²) in [5, 5.41) is 24.9. The first-order valence-corrected chi connectivity index (χ1v) is 53.3. The van der Waals surface area contributed by atoms with Crippen molar-refractivity contribution in [3.8, 4) is 0 Å². The lowest BCUT2D eigenvalue weighted by Crippen LogP contribution is -2.74. The minimum Gasteiger partial charge on any atom is -0.414 e. The quantitative estimate of drug-likeness (QED) is 0.0482. The Morgan fingerprint density at radius 2 is 0.403 bits per heavy atom. The van der Waals surface area contributed by atoms with Crippen molar-refractivity contribution in [3.05, 3.63) is 382 Å². The first-order chi connectivity index (χ1) is 64.0. The van der Waals surface area contributed by atoms with Gasteiger partial charge in [-0.1, -0.05) is 324 Å². The SMILES string of the molecule is CO[Si](c1cc2cc3cc4c(N(c5ccccc5)c5ccccc5)c5cc6c(N(c7ccccc7)c7ccccc7)ccc(N(c7ccccc7)c7ccccc7)c6cc5c(N(c5ccccc5)c5ccccc5)c4cc3cc2cc1[Si](OC)(C(C)(C)C)C(C)(C)C)(C(C)(C)C)C(C)(C)C.CO[Si](c1ccc2cc3cc4cc5ccc(C)cc5cc4cc3cc2c1)(C(C)(C)C)C(C)(C)C. The molecule has 0 saturated carbocycles. The van der Waals surface area contributed by atoms with E-state index in [2.05, 4.69) is 527 Å². The number of rotatable bonds is 18. The molecule has 0 atom stereocenters. The highest BCUT2D eigenvalue weighted by Gasteiger charge is 2.63. The van der Waals surface area contributed by atoms with Crippen LogP contribution in [0, 0.1) is 6.92 Å². The number of benzene rings is 19. The minimum atomic E-state index is -3.01. The van der Waals surface area contributed by atoms with Crippen LogP contribution >= 0.6 is 0 Å². The van der Waals surface area contributed by atoms with E-state index in [0.717, 1.165) is 111 Å². The first-order valence-electron chi connectivity index (χ1n) is 47.5. The van der Waals surface area contributed by atoms with Crippen LogP contribution in [0.5, 0.6) is 0 Å². The Kier molecular flexibility index (Phi) is 24.1. The van der Waals surface area contributed by atoms with Crippen LogP contribution in [0.4, 0.5) is 68.2 Å². The maximum atomic E-state index is 7.39. The van der Waals surface area contributed by atoms with Gasteiger partial charge in [0.25, 0.3) is 0 Å². The van der Waals surface area contributed by atoms with Crippen LogP contribution < -0.4 is 35.2 Å².